The minimum Gasteiger partial charge on any atom is -0.357 e. The summed E-state index contributed by atoms with van der Waals surface area (Å²) < 4.78 is 0. The van der Waals surface area contributed by atoms with Crippen LogP contribution in [0.15, 0.2) is 4.99 Å². The molecule has 0 atom stereocenters. The van der Waals surface area contributed by atoms with Gasteiger partial charge < -0.3 is 10.6 Å². The summed E-state index contributed by atoms with van der Waals surface area (Å²) in [4.78, 5) is 7.28. The largest absolute Gasteiger partial charge is 0.357 e. The number of hydrogen-bond donors (Lipinski definition) is 2. The van der Waals surface area contributed by atoms with Crippen molar-refractivity contribution in [3.05, 3.63) is 0 Å². The van der Waals surface area contributed by atoms with Gasteiger partial charge in [0.2, 0.25) is 0 Å². The molecule has 0 aromatic rings. The smallest absolute Gasteiger partial charge is 0.191 e. The predicted molar refractivity (Wildman–Crippen MR) is 79.2 cm³/mol. The maximum atomic E-state index is 4.70. The molecule has 106 valence electrons. The maximum absolute atomic E-state index is 4.70. The highest BCUT2D eigenvalue weighted by atomic mass is 15.2. The number of aliphatic imine (C=N–C) groups is 1. The third-order valence-electron chi connectivity index (χ3n) is 3.52. The Morgan fingerprint density at radius 1 is 1.06 bits per heavy atom. The van der Waals surface area contributed by atoms with Crippen molar-refractivity contribution in [3.63, 3.8) is 0 Å². The molecule has 0 aliphatic carbocycles. The lowest BCUT2D eigenvalue weighted by Gasteiger charge is -2.40. The zero-order chi connectivity index (χ0) is 13.4. The SMILES string of the molecule is CCNC(=NCC(C)(C)N1CCCCC1)NCC. The minimum absolute atomic E-state index is 0.163. The maximum Gasteiger partial charge on any atom is 0.191 e. The fourth-order valence-corrected chi connectivity index (χ4v) is 2.38. The van der Waals surface area contributed by atoms with E-state index in [1.807, 2.05) is 0 Å². The Balaban J connectivity index is 2.53. The van der Waals surface area contributed by atoms with E-state index < -0.39 is 0 Å². The van der Waals surface area contributed by atoms with Crippen molar-refractivity contribution in [2.45, 2.75) is 52.5 Å². The lowest BCUT2D eigenvalue weighted by Crippen LogP contribution is -2.49. The van der Waals surface area contributed by atoms with E-state index in [1.54, 1.807) is 0 Å². The van der Waals surface area contributed by atoms with Gasteiger partial charge in [0.15, 0.2) is 5.96 Å². The van der Waals surface area contributed by atoms with Crippen molar-refractivity contribution in [1.29, 1.82) is 0 Å². The molecule has 0 spiro atoms. The fraction of sp³-hybridized carbons (Fsp3) is 0.929. The molecular formula is C14H30N4. The topological polar surface area (TPSA) is 39.7 Å². The molecular weight excluding hydrogens is 224 g/mol. The molecule has 1 fully saturated rings. The molecule has 1 aliphatic heterocycles. The Hall–Kier alpha value is -0.770. The third kappa shape index (κ3) is 4.84. The van der Waals surface area contributed by atoms with Crippen LogP contribution in [0.25, 0.3) is 0 Å². The second kappa shape index (κ2) is 7.62. The number of nitrogens with one attached hydrogen (secondary N) is 2. The van der Waals surface area contributed by atoms with Gasteiger partial charge in [-0.2, -0.15) is 0 Å². The average Bonchev–Trinajstić information content (AvgIpc) is 2.38. The molecule has 4 nitrogen and oxygen atoms in total. The van der Waals surface area contributed by atoms with E-state index in [4.69, 9.17) is 4.99 Å². The molecule has 0 saturated carbocycles. The number of hydrogen-bond acceptors (Lipinski definition) is 2. The summed E-state index contributed by atoms with van der Waals surface area (Å²) in [5, 5.41) is 6.56. The van der Waals surface area contributed by atoms with Gasteiger partial charge in [0.1, 0.15) is 0 Å². The summed E-state index contributed by atoms with van der Waals surface area (Å²) in [5.41, 5.74) is 0.163. The molecule has 2 N–H and O–H groups in total. The summed E-state index contributed by atoms with van der Waals surface area (Å²) in [6.07, 6.45) is 4.05. The van der Waals surface area contributed by atoms with E-state index in [0.29, 0.717) is 0 Å². The molecule has 0 unspecified atom stereocenters. The van der Waals surface area contributed by atoms with Gasteiger partial charge in [0.05, 0.1) is 6.54 Å². The Bertz CT molecular complexity index is 247. The van der Waals surface area contributed by atoms with E-state index in [2.05, 4.69) is 43.2 Å². The Labute approximate surface area is 112 Å². The first-order valence-corrected chi connectivity index (χ1v) is 7.37. The van der Waals surface area contributed by atoms with Gasteiger partial charge in [0.25, 0.3) is 0 Å². The number of nitrogens with zero attached hydrogens (tertiary/aromatic N) is 2. The second-order valence-corrected chi connectivity index (χ2v) is 5.59. The quantitative estimate of drug-likeness (QED) is 0.581. The van der Waals surface area contributed by atoms with Gasteiger partial charge in [-0.1, -0.05) is 6.42 Å². The van der Waals surface area contributed by atoms with E-state index in [9.17, 15) is 0 Å². The van der Waals surface area contributed by atoms with Crippen LogP contribution in [0.2, 0.25) is 0 Å². The van der Waals surface area contributed by atoms with Gasteiger partial charge in [-0.25, -0.2) is 0 Å². The summed E-state index contributed by atoms with van der Waals surface area (Å²) in [6.45, 7) is 13.9. The number of rotatable bonds is 5. The standard InChI is InChI=1S/C14H30N4/c1-5-15-13(16-6-2)17-12-14(3,4)18-10-8-7-9-11-18/h5-12H2,1-4H3,(H2,15,16,17). The first-order chi connectivity index (χ1) is 8.60. The van der Waals surface area contributed by atoms with Crippen LogP contribution in [0, 0.1) is 0 Å². The van der Waals surface area contributed by atoms with Crippen LogP contribution in [-0.2, 0) is 0 Å². The Morgan fingerprint density at radius 2 is 1.61 bits per heavy atom. The number of likely N-dealkylation sites (tertiary alicyclic amines) is 1. The molecule has 1 rings (SSSR count). The number of guanidine groups is 1. The zero-order valence-electron chi connectivity index (χ0n) is 12.6. The minimum atomic E-state index is 0.163. The highest BCUT2D eigenvalue weighted by Crippen LogP contribution is 2.20. The highest BCUT2D eigenvalue weighted by Gasteiger charge is 2.27. The van der Waals surface area contributed by atoms with Crippen molar-refractivity contribution in [2.75, 3.05) is 32.7 Å². The van der Waals surface area contributed by atoms with Gasteiger partial charge >= 0.3 is 0 Å². The normalized spacial score (nSPS) is 17.3. The molecule has 1 saturated heterocycles. The Morgan fingerprint density at radius 3 is 2.11 bits per heavy atom. The van der Waals surface area contributed by atoms with Crippen molar-refractivity contribution in [1.82, 2.24) is 15.5 Å². The molecule has 0 radical (unpaired) electrons. The molecule has 1 aliphatic rings. The first kappa shape index (κ1) is 15.3. The lowest BCUT2D eigenvalue weighted by molar-refractivity contribution is 0.102. The summed E-state index contributed by atoms with van der Waals surface area (Å²) in [6, 6.07) is 0. The van der Waals surface area contributed by atoms with Crippen LogP contribution < -0.4 is 10.6 Å². The number of piperidine rings is 1. The van der Waals surface area contributed by atoms with Crippen LogP contribution in [0.1, 0.15) is 47.0 Å². The van der Waals surface area contributed by atoms with Crippen molar-refractivity contribution >= 4 is 5.96 Å². The van der Waals surface area contributed by atoms with Crippen LogP contribution in [0.3, 0.4) is 0 Å². The summed E-state index contributed by atoms with van der Waals surface area (Å²) in [5.74, 6) is 0.935. The van der Waals surface area contributed by atoms with E-state index in [0.717, 1.165) is 25.6 Å². The molecule has 4 heteroatoms. The lowest BCUT2D eigenvalue weighted by atomic mass is 9.99. The molecule has 0 aromatic heterocycles. The summed E-state index contributed by atoms with van der Waals surface area (Å²) >= 11 is 0. The van der Waals surface area contributed by atoms with Crippen LogP contribution in [0.5, 0.6) is 0 Å². The van der Waals surface area contributed by atoms with E-state index in [1.165, 1.54) is 32.4 Å². The van der Waals surface area contributed by atoms with Crippen molar-refractivity contribution in [3.8, 4) is 0 Å². The molecule has 0 aromatic carbocycles. The fourth-order valence-electron chi connectivity index (χ4n) is 2.38. The van der Waals surface area contributed by atoms with Crippen LogP contribution in [0.4, 0.5) is 0 Å². The van der Waals surface area contributed by atoms with Gasteiger partial charge in [-0.15, -0.1) is 0 Å². The van der Waals surface area contributed by atoms with E-state index >= 15 is 0 Å². The van der Waals surface area contributed by atoms with Gasteiger partial charge in [0, 0.05) is 18.6 Å². The van der Waals surface area contributed by atoms with Crippen LogP contribution >= 0.6 is 0 Å². The third-order valence-corrected chi connectivity index (χ3v) is 3.52. The van der Waals surface area contributed by atoms with Gasteiger partial charge in [-0.05, 0) is 53.6 Å². The predicted octanol–water partition coefficient (Wildman–Crippen LogP) is 1.83. The molecule has 0 bridgehead atoms. The molecule has 1 heterocycles. The first-order valence-electron chi connectivity index (χ1n) is 7.37. The van der Waals surface area contributed by atoms with Crippen molar-refractivity contribution < 1.29 is 0 Å². The Kier molecular flexibility index (Phi) is 6.47. The monoisotopic (exact) mass is 254 g/mol. The average molecular weight is 254 g/mol. The zero-order valence-corrected chi connectivity index (χ0v) is 12.6. The highest BCUT2D eigenvalue weighted by molar-refractivity contribution is 5.79. The van der Waals surface area contributed by atoms with Crippen molar-refractivity contribution in [2.24, 2.45) is 4.99 Å². The molecule has 0 amide bonds. The second-order valence-electron chi connectivity index (χ2n) is 5.59. The van der Waals surface area contributed by atoms with E-state index in [-0.39, 0.29) is 5.54 Å². The molecule has 18 heavy (non-hydrogen) atoms. The summed E-state index contributed by atoms with van der Waals surface area (Å²) in [7, 11) is 0. The van der Waals surface area contributed by atoms with Gasteiger partial charge in [-0.3, -0.25) is 9.89 Å². The van der Waals surface area contributed by atoms with Crippen LogP contribution in [-0.4, -0.2) is 49.1 Å².